The van der Waals surface area contributed by atoms with Gasteiger partial charge in [0, 0.05) is 30.6 Å². The van der Waals surface area contributed by atoms with E-state index in [1.54, 1.807) is 0 Å². The molecule has 1 aromatic carbocycles. The first-order valence-electron chi connectivity index (χ1n) is 8.62. The summed E-state index contributed by atoms with van der Waals surface area (Å²) in [6, 6.07) is 5.64. The zero-order chi connectivity index (χ0) is 18.0. The van der Waals surface area contributed by atoms with Crippen LogP contribution in [0, 0.1) is 5.41 Å². The van der Waals surface area contributed by atoms with Crippen LogP contribution in [0.4, 0.5) is 0 Å². The van der Waals surface area contributed by atoms with Gasteiger partial charge in [-0.1, -0.05) is 11.2 Å². The van der Waals surface area contributed by atoms with Crippen LogP contribution in [0.5, 0.6) is 5.75 Å². The molecule has 7 nitrogen and oxygen atoms in total. The number of likely N-dealkylation sites (tertiary alicyclic amines) is 1. The number of hydrogen-bond donors (Lipinski definition) is 2. The highest BCUT2D eigenvalue weighted by molar-refractivity contribution is 6.07. The van der Waals surface area contributed by atoms with E-state index in [-0.39, 0.29) is 6.10 Å². The molecule has 0 radical (unpaired) electrons. The molecule has 2 aliphatic rings. The van der Waals surface area contributed by atoms with Crippen molar-refractivity contribution in [3.05, 3.63) is 29.3 Å². The van der Waals surface area contributed by atoms with Crippen LogP contribution in [-0.2, 0) is 9.63 Å². The van der Waals surface area contributed by atoms with Gasteiger partial charge in [0.2, 0.25) is 6.10 Å². The highest BCUT2D eigenvalue weighted by Crippen LogP contribution is 2.28. The van der Waals surface area contributed by atoms with Gasteiger partial charge in [-0.2, -0.15) is 0 Å². The summed E-state index contributed by atoms with van der Waals surface area (Å²) in [6.07, 6.45) is 1.82. The summed E-state index contributed by atoms with van der Waals surface area (Å²) in [4.78, 5) is 18.5. The van der Waals surface area contributed by atoms with Crippen molar-refractivity contribution in [1.82, 2.24) is 4.90 Å². The molecule has 1 atom stereocenters. The number of nitrogens with one attached hydrogen (secondary N) is 1. The Kier molecular flexibility index (Phi) is 4.92. The number of rotatable bonds is 5. The Morgan fingerprint density at radius 2 is 2.12 bits per heavy atom. The van der Waals surface area contributed by atoms with Gasteiger partial charge in [-0.05, 0) is 38.8 Å². The minimum absolute atomic E-state index is 0.0233. The number of carbonyl (C=O) groups excluding carboxylic acids is 1. The van der Waals surface area contributed by atoms with Crippen molar-refractivity contribution in [1.29, 1.82) is 5.41 Å². The molecule has 0 saturated carbocycles. The predicted octanol–water partition coefficient (Wildman–Crippen LogP) is 1.87. The summed E-state index contributed by atoms with van der Waals surface area (Å²) in [5.41, 5.74) is 7.51. The molecule has 2 aliphatic heterocycles. The van der Waals surface area contributed by atoms with Gasteiger partial charge in [-0.3, -0.25) is 10.2 Å². The van der Waals surface area contributed by atoms with E-state index in [9.17, 15) is 4.79 Å². The maximum atomic E-state index is 11.3. The van der Waals surface area contributed by atoms with E-state index in [0.29, 0.717) is 23.7 Å². The molecule has 1 amide bonds. The van der Waals surface area contributed by atoms with Crippen molar-refractivity contribution in [3.63, 3.8) is 0 Å². The van der Waals surface area contributed by atoms with Gasteiger partial charge in [0.25, 0.3) is 5.91 Å². The second-order valence-electron chi connectivity index (χ2n) is 6.66. The average molecular weight is 344 g/mol. The third kappa shape index (κ3) is 3.75. The average Bonchev–Trinajstić information content (AvgIpc) is 3.25. The Morgan fingerprint density at radius 1 is 1.40 bits per heavy atom. The standard InChI is InChI=1S/C18H24N4O3/c1-11(2)24-15-9-12(17(19)22-7-3-4-8-22)5-6-13(15)14-10-16(18(20)23)25-21-14/h5-6,9,11,16,19H,3-4,7-8,10H2,1-2H3,(H2,20,23). The molecule has 3 N–H and O–H groups in total. The first-order chi connectivity index (χ1) is 12.0. The lowest BCUT2D eigenvalue weighted by molar-refractivity contribution is -0.127. The molecule has 0 bridgehead atoms. The molecule has 0 aromatic heterocycles. The van der Waals surface area contributed by atoms with E-state index in [1.165, 1.54) is 0 Å². The summed E-state index contributed by atoms with van der Waals surface area (Å²) in [7, 11) is 0. The lowest BCUT2D eigenvalue weighted by Crippen LogP contribution is -2.28. The van der Waals surface area contributed by atoms with Crippen molar-refractivity contribution >= 4 is 17.5 Å². The predicted molar refractivity (Wildman–Crippen MR) is 95.1 cm³/mol. The second kappa shape index (κ2) is 7.13. The van der Waals surface area contributed by atoms with E-state index < -0.39 is 12.0 Å². The Balaban J connectivity index is 1.88. The van der Waals surface area contributed by atoms with Gasteiger partial charge in [0.1, 0.15) is 11.6 Å². The first-order valence-corrected chi connectivity index (χ1v) is 8.62. The SMILES string of the molecule is CC(C)Oc1cc(C(=N)N2CCCC2)ccc1C1=NOC(C(N)=O)C1. The van der Waals surface area contributed by atoms with Gasteiger partial charge < -0.3 is 20.2 Å². The molecule has 3 rings (SSSR count). The van der Waals surface area contributed by atoms with E-state index in [4.69, 9.17) is 20.7 Å². The quantitative estimate of drug-likeness (QED) is 0.629. The zero-order valence-electron chi connectivity index (χ0n) is 14.6. The summed E-state index contributed by atoms with van der Waals surface area (Å²) >= 11 is 0. The number of carbonyl (C=O) groups is 1. The maximum Gasteiger partial charge on any atom is 0.261 e. The second-order valence-corrected chi connectivity index (χ2v) is 6.66. The number of amides is 1. The minimum Gasteiger partial charge on any atom is -0.490 e. The highest BCUT2D eigenvalue weighted by atomic mass is 16.6. The van der Waals surface area contributed by atoms with Crippen LogP contribution < -0.4 is 10.5 Å². The summed E-state index contributed by atoms with van der Waals surface area (Å²) in [5, 5.41) is 12.4. The summed E-state index contributed by atoms with van der Waals surface area (Å²) < 4.78 is 5.94. The molecule has 0 aliphatic carbocycles. The normalized spacial score (nSPS) is 19.7. The number of nitrogens with zero attached hydrogens (tertiary/aromatic N) is 2. The van der Waals surface area contributed by atoms with Gasteiger partial charge >= 0.3 is 0 Å². The number of nitrogens with two attached hydrogens (primary N) is 1. The largest absolute Gasteiger partial charge is 0.490 e. The van der Waals surface area contributed by atoms with Gasteiger partial charge in [0.05, 0.1) is 11.8 Å². The van der Waals surface area contributed by atoms with Crippen molar-refractivity contribution in [2.24, 2.45) is 10.9 Å². The lowest BCUT2D eigenvalue weighted by atomic mass is 10.0. The van der Waals surface area contributed by atoms with E-state index in [2.05, 4.69) is 10.1 Å². The van der Waals surface area contributed by atoms with Crippen molar-refractivity contribution in [3.8, 4) is 5.75 Å². The van der Waals surface area contributed by atoms with Gasteiger partial charge in [-0.15, -0.1) is 0 Å². The topological polar surface area (TPSA) is 101 Å². The molecule has 25 heavy (non-hydrogen) atoms. The van der Waals surface area contributed by atoms with Crippen LogP contribution in [0.3, 0.4) is 0 Å². The molecule has 0 spiro atoms. The maximum absolute atomic E-state index is 11.3. The van der Waals surface area contributed by atoms with Gasteiger partial charge in [-0.25, -0.2) is 0 Å². The minimum atomic E-state index is -0.732. The molecule has 1 saturated heterocycles. The number of ether oxygens (including phenoxy) is 1. The molecule has 2 heterocycles. The number of oxime groups is 1. The zero-order valence-corrected chi connectivity index (χ0v) is 14.6. The molecule has 7 heteroatoms. The van der Waals surface area contributed by atoms with Crippen LogP contribution in [0.15, 0.2) is 23.4 Å². The first kappa shape index (κ1) is 17.3. The lowest BCUT2D eigenvalue weighted by Gasteiger charge is -2.20. The van der Waals surface area contributed by atoms with E-state index in [1.807, 2.05) is 32.0 Å². The van der Waals surface area contributed by atoms with Crippen molar-refractivity contribution in [2.75, 3.05) is 13.1 Å². The molecule has 1 aromatic rings. The van der Waals surface area contributed by atoms with Crippen LogP contribution in [-0.4, -0.2) is 47.7 Å². The number of amidine groups is 1. The van der Waals surface area contributed by atoms with Crippen LogP contribution >= 0.6 is 0 Å². The fourth-order valence-electron chi connectivity index (χ4n) is 3.07. The van der Waals surface area contributed by atoms with Crippen molar-refractivity contribution in [2.45, 2.75) is 45.3 Å². The van der Waals surface area contributed by atoms with Crippen molar-refractivity contribution < 1.29 is 14.4 Å². The van der Waals surface area contributed by atoms with E-state index in [0.717, 1.165) is 37.1 Å². The Bertz CT molecular complexity index is 708. The molecular weight excluding hydrogens is 320 g/mol. The molecule has 1 unspecified atom stereocenters. The smallest absolute Gasteiger partial charge is 0.261 e. The highest BCUT2D eigenvalue weighted by Gasteiger charge is 2.29. The Hall–Kier alpha value is -2.57. The fraction of sp³-hybridized carbons (Fsp3) is 0.500. The summed E-state index contributed by atoms with van der Waals surface area (Å²) in [6.45, 7) is 5.73. The van der Waals surface area contributed by atoms with Crippen LogP contribution in [0.25, 0.3) is 0 Å². The van der Waals surface area contributed by atoms with Gasteiger partial charge in [0.15, 0.2) is 0 Å². The fourth-order valence-corrected chi connectivity index (χ4v) is 3.07. The molecular formula is C18H24N4O3. The molecule has 1 fully saturated rings. The van der Waals surface area contributed by atoms with Crippen LogP contribution in [0.2, 0.25) is 0 Å². The number of benzene rings is 1. The third-order valence-corrected chi connectivity index (χ3v) is 4.34. The summed E-state index contributed by atoms with van der Waals surface area (Å²) in [5.74, 6) is 0.624. The Labute approximate surface area is 147 Å². The van der Waals surface area contributed by atoms with Crippen LogP contribution in [0.1, 0.15) is 44.2 Å². The number of hydrogen-bond acceptors (Lipinski definition) is 5. The Morgan fingerprint density at radius 3 is 2.72 bits per heavy atom. The third-order valence-electron chi connectivity index (χ3n) is 4.34. The number of primary amides is 1. The van der Waals surface area contributed by atoms with E-state index >= 15 is 0 Å². The monoisotopic (exact) mass is 344 g/mol. The molecule has 134 valence electrons.